The van der Waals surface area contributed by atoms with Crippen molar-refractivity contribution in [3.05, 3.63) is 29.3 Å². The summed E-state index contributed by atoms with van der Waals surface area (Å²) in [4.78, 5) is 19.5. The zero-order valence-corrected chi connectivity index (χ0v) is 21.7. The molecule has 184 valence electrons. The highest BCUT2D eigenvalue weighted by molar-refractivity contribution is 5.68. The van der Waals surface area contributed by atoms with Gasteiger partial charge in [0.15, 0.2) is 0 Å². The van der Waals surface area contributed by atoms with Gasteiger partial charge in [-0.25, -0.2) is 4.79 Å². The van der Waals surface area contributed by atoms with Gasteiger partial charge in [0.25, 0.3) is 0 Å². The lowest BCUT2D eigenvalue weighted by Gasteiger charge is -2.58. The Morgan fingerprint density at radius 2 is 1.91 bits per heavy atom. The van der Waals surface area contributed by atoms with E-state index >= 15 is 0 Å². The van der Waals surface area contributed by atoms with Gasteiger partial charge in [-0.05, 0) is 96.3 Å². The number of rotatable bonds is 4. The van der Waals surface area contributed by atoms with Crippen LogP contribution in [0.3, 0.4) is 0 Å². The number of piperidine rings is 2. The normalized spacial score (nSPS) is 28.5. The molecular weight excluding hydrogens is 414 g/mol. The summed E-state index contributed by atoms with van der Waals surface area (Å²) in [6, 6.07) is 7.68. The molecule has 0 N–H and O–H groups in total. The monoisotopic (exact) mass is 457 g/mol. The third-order valence-corrected chi connectivity index (χ3v) is 8.22. The summed E-state index contributed by atoms with van der Waals surface area (Å²) < 4.78 is 11.2. The number of amides is 1. The van der Waals surface area contributed by atoms with E-state index in [1.165, 1.54) is 11.1 Å². The van der Waals surface area contributed by atoms with Crippen LogP contribution in [0.1, 0.15) is 58.1 Å². The number of methoxy groups -OCH3 is 1. The fourth-order valence-electron chi connectivity index (χ4n) is 6.49. The largest absolute Gasteiger partial charge is 0.497 e. The average molecular weight is 458 g/mol. The lowest BCUT2D eigenvalue weighted by Crippen LogP contribution is -2.66. The van der Waals surface area contributed by atoms with E-state index in [9.17, 15) is 4.79 Å². The summed E-state index contributed by atoms with van der Waals surface area (Å²) >= 11 is 0. The second kappa shape index (κ2) is 9.10. The summed E-state index contributed by atoms with van der Waals surface area (Å²) in [7, 11) is 6.37. The van der Waals surface area contributed by atoms with E-state index in [0.29, 0.717) is 18.0 Å². The molecule has 33 heavy (non-hydrogen) atoms. The molecule has 2 bridgehead atoms. The van der Waals surface area contributed by atoms with Crippen LogP contribution in [0.2, 0.25) is 0 Å². The van der Waals surface area contributed by atoms with Crippen LogP contribution in [0, 0.1) is 5.92 Å². The van der Waals surface area contributed by atoms with E-state index in [2.05, 4.69) is 49.0 Å². The summed E-state index contributed by atoms with van der Waals surface area (Å²) in [6.07, 6.45) is 4.16. The van der Waals surface area contributed by atoms with Crippen LogP contribution in [0.4, 0.5) is 4.79 Å². The lowest BCUT2D eigenvalue weighted by atomic mass is 9.61. The molecule has 3 aliphatic rings. The molecule has 1 aromatic rings. The molecule has 1 aromatic carbocycles. The van der Waals surface area contributed by atoms with E-state index in [0.717, 1.165) is 57.6 Å². The zero-order chi connectivity index (χ0) is 24.0. The third-order valence-electron chi connectivity index (χ3n) is 8.22. The van der Waals surface area contributed by atoms with Gasteiger partial charge in [-0.2, -0.15) is 0 Å². The summed E-state index contributed by atoms with van der Waals surface area (Å²) in [5.41, 5.74) is 2.63. The molecule has 1 amide bonds. The molecule has 6 heteroatoms. The minimum atomic E-state index is -0.437. The zero-order valence-electron chi connectivity index (χ0n) is 21.7. The van der Waals surface area contributed by atoms with Gasteiger partial charge in [0.05, 0.1) is 7.11 Å². The molecule has 0 saturated carbocycles. The maximum absolute atomic E-state index is 12.4. The van der Waals surface area contributed by atoms with Crippen LogP contribution in [-0.4, -0.2) is 85.9 Å². The Kier molecular flexibility index (Phi) is 6.71. The molecule has 0 spiro atoms. The van der Waals surface area contributed by atoms with Crippen molar-refractivity contribution in [1.29, 1.82) is 0 Å². The number of nitrogens with zero attached hydrogens (tertiary/aromatic N) is 3. The first kappa shape index (κ1) is 24.3. The molecule has 2 fully saturated rings. The molecule has 2 heterocycles. The Balaban J connectivity index is 1.46. The highest BCUT2D eigenvalue weighted by Crippen LogP contribution is 2.47. The molecule has 0 unspecified atom stereocenters. The van der Waals surface area contributed by atoms with Crippen molar-refractivity contribution < 1.29 is 14.3 Å². The molecule has 0 aromatic heterocycles. The number of hydrogen-bond acceptors (Lipinski definition) is 5. The molecular formula is C27H43N3O3. The molecule has 2 saturated heterocycles. The first-order valence-electron chi connectivity index (χ1n) is 12.6. The predicted octanol–water partition coefficient (Wildman–Crippen LogP) is 4.16. The van der Waals surface area contributed by atoms with Crippen molar-refractivity contribution in [3.63, 3.8) is 0 Å². The van der Waals surface area contributed by atoms with Gasteiger partial charge < -0.3 is 24.2 Å². The van der Waals surface area contributed by atoms with Gasteiger partial charge in [0.1, 0.15) is 11.4 Å². The molecule has 0 radical (unpaired) electrons. The number of ether oxygens (including phenoxy) is 2. The topological polar surface area (TPSA) is 45.2 Å². The van der Waals surface area contributed by atoms with E-state index in [1.54, 1.807) is 7.11 Å². The highest BCUT2D eigenvalue weighted by atomic mass is 16.6. The molecule has 4 rings (SSSR count). The maximum Gasteiger partial charge on any atom is 0.410 e. The van der Waals surface area contributed by atoms with E-state index in [4.69, 9.17) is 9.47 Å². The van der Waals surface area contributed by atoms with Gasteiger partial charge in [0.2, 0.25) is 0 Å². The third kappa shape index (κ3) is 4.88. The van der Waals surface area contributed by atoms with Crippen LogP contribution < -0.4 is 4.74 Å². The SMILES string of the molecule is COc1ccc2c(c1)[C@@]1(C)CCN(C)[C@H](C2)[C@@H]1N(C)CC1CCN(C(=O)OC(C)(C)C)CC1. The average Bonchev–Trinajstić information content (AvgIpc) is 2.75. The smallest absolute Gasteiger partial charge is 0.410 e. The van der Waals surface area contributed by atoms with Crippen molar-refractivity contribution in [3.8, 4) is 5.75 Å². The Bertz CT molecular complexity index is 859. The number of likely N-dealkylation sites (N-methyl/N-ethyl adjacent to an activating group) is 2. The number of hydrogen-bond donors (Lipinski definition) is 0. The van der Waals surface area contributed by atoms with E-state index in [1.807, 2.05) is 25.7 Å². The quantitative estimate of drug-likeness (QED) is 0.679. The van der Waals surface area contributed by atoms with Crippen LogP contribution >= 0.6 is 0 Å². The predicted molar refractivity (Wildman–Crippen MR) is 132 cm³/mol. The number of benzene rings is 1. The summed E-state index contributed by atoms with van der Waals surface area (Å²) in [5, 5.41) is 0. The number of carbonyl (C=O) groups excluding carboxylic acids is 1. The van der Waals surface area contributed by atoms with Crippen LogP contribution in [0.5, 0.6) is 5.75 Å². The van der Waals surface area contributed by atoms with Crippen LogP contribution in [0.25, 0.3) is 0 Å². The lowest BCUT2D eigenvalue weighted by molar-refractivity contribution is -0.0103. The fourth-order valence-corrected chi connectivity index (χ4v) is 6.49. The summed E-state index contributed by atoms with van der Waals surface area (Å²) in [6.45, 7) is 12.0. The molecule has 6 nitrogen and oxygen atoms in total. The van der Waals surface area contributed by atoms with Crippen molar-refractivity contribution in [2.24, 2.45) is 5.92 Å². The molecule has 1 aliphatic carbocycles. The minimum Gasteiger partial charge on any atom is -0.497 e. The molecule has 2 aliphatic heterocycles. The van der Waals surface area contributed by atoms with Gasteiger partial charge in [-0.3, -0.25) is 0 Å². The standard InChI is InChI=1S/C27H43N3O3/c1-26(2,3)33-25(31)30-13-10-19(11-14-30)18-29(6)24-23-16-20-8-9-21(32-7)17-22(20)27(24,4)12-15-28(23)5/h8-9,17,19,23-24H,10-16,18H2,1-7H3/t23-,24+,27-/m1/s1. The van der Waals surface area contributed by atoms with Crippen molar-refractivity contribution in [1.82, 2.24) is 14.7 Å². The van der Waals surface area contributed by atoms with Gasteiger partial charge >= 0.3 is 6.09 Å². The Morgan fingerprint density at radius 1 is 1.21 bits per heavy atom. The Labute approximate surface area is 200 Å². The van der Waals surface area contributed by atoms with Gasteiger partial charge in [0, 0.05) is 37.1 Å². The highest BCUT2D eigenvalue weighted by Gasteiger charge is 2.51. The molecule has 3 atom stereocenters. The van der Waals surface area contributed by atoms with Crippen LogP contribution in [0.15, 0.2) is 18.2 Å². The van der Waals surface area contributed by atoms with Gasteiger partial charge in [-0.1, -0.05) is 13.0 Å². The number of fused-ring (bicyclic) bond motifs is 4. The maximum atomic E-state index is 12.4. The van der Waals surface area contributed by atoms with Gasteiger partial charge in [-0.15, -0.1) is 0 Å². The fraction of sp³-hybridized carbons (Fsp3) is 0.741. The first-order chi connectivity index (χ1) is 15.5. The van der Waals surface area contributed by atoms with Crippen LogP contribution in [-0.2, 0) is 16.6 Å². The minimum absolute atomic E-state index is 0.116. The van der Waals surface area contributed by atoms with E-state index < -0.39 is 5.60 Å². The van der Waals surface area contributed by atoms with Crippen molar-refractivity contribution in [2.75, 3.05) is 47.4 Å². The Morgan fingerprint density at radius 3 is 2.55 bits per heavy atom. The number of likely N-dealkylation sites (tertiary alicyclic amines) is 2. The van der Waals surface area contributed by atoms with Crippen molar-refractivity contribution in [2.45, 2.75) is 76.5 Å². The van der Waals surface area contributed by atoms with Crippen molar-refractivity contribution >= 4 is 6.09 Å². The van der Waals surface area contributed by atoms with E-state index in [-0.39, 0.29) is 11.5 Å². The number of carbonyl (C=O) groups is 1. The first-order valence-corrected chi connectivity index (χ1v) is 12.6. The Hall–Kier alpha value is -1.79. The second-order valence-corrected chi connectivity index (χ2v) is 11.7. The second-order valence-electron chi connectivity index (χ2n) is 11.7. The summed E-state index contributed by atoms with van der Waals surface area (Å²) in [5.74, 6) is 1.57.